The van der Waals surface area contributed by atoms with Gasteiger partial charge in [-0.25, -0.2) is 4.79 Å². The Morgan fingerprint density at radius 2 is 1.78 bits per heavy atom. The van der Waals surface area contributed by atoms with Crippen LogP contribution in [0.4, 0.5) is 0 Å². The topological polar surface area (TPSA) is 100 Å². The number of fused-ring (bicyclic) bond motifs is 1. The summed E-state index contributed by atoms with van der Waals surface area (Å²) in [6, 6.07) is 5.45. The monoisotopic (exact) mass is 495 g/mol. The fourth-order valence-corrected chi connectivity index (χ4v) is 5.95. The molecule has 8 nitrogen and oxygen atoms in total. The molecule has 1 N–H and O–H groups in total. The second-order valence-corrected chi connectivity index (χ2v) is 10.2. The van der Waals surface area contributed by atoms with Crippen LogP contribution in [-0.4, -0.2) is 37.7 Å². The van der Waals surface area contributed by atoms with Crippen molar-refractivity contribution in [1.29, 1.82) is 0 Å². The van der Waals surface area contributed by atoms with Crippen molar-refractivity contribution < 1.29 is 33.3 Å². The summed E-state index contributed by atoms with van der Waals surface area (Å²) in [4.78, 5) is 40.2. The molecule has 1 fully saturated rings. The van der Waals surface area contributed by atoms with E-state index < -0.39 is 23.8 Å². The van der Waals surface area contributed by atoms with Crippen molar-refractivity contribution in [1.82, 2.24) is 5.32 Å². The molecule has 1 saturated carbocycles. The fourth-order valence-electron chi connectivity index (χ4n) is 5.95. The molecule has 2 aliphatic heterocycles. The number of hydrogen-bond acceptors (Lipinski definition) is 8. The number of ketones is 1. The predicted octanol–water partition coefficient (Wildman–Crippen LogP) is 4.29. The molecule has 0 saturated heterocycles. The standard InChI is InChI=1S/C28H33NO7/c1-15-12-19-25(26(30)22(15)27(31)33-3)24(17-10-11-20-21(13-17)35-14-34-20)23(16(2)29-19)28(32)36-18-8-6-4-5-7-9-18/h10-11,13,15,18,22,24,29H,4-9,12,14H2,1-3H3/t15-,22+,24-/m0/s1. The number of nitrogens with one attached hydrogen (secondary N) is 1. The summed E-state index contributed by atoms with van der Waals surface area (Å²) in [6.45, 7) is 3.83. The molecule has 8 heteroatoms. The molecule has 1 aromatic carbocycles. The van der Waals surface area contributed by atoms with Gasteiger partial charge in [0.25, 0.3) is 0 Å². The van der Waals surface area contributed by atoms with E-state index in [1.165, 1.54) is 7.11 Å². The molecule has 0 aromatic heterocycles. The van der Waals surface area contributed by atoms with Gasteiger partial charge in [-0.15, -0.1) is 0 Å². The summed E-state index contributed by atoms with van der Waals surface area (Å²) < 4.78 is 22.1. The molecular formula is C28H33NO7. The van der Waals surface area contributed by atoms with Gasteiger partial charge in [-0.05, 0) is 62.6 Å². The quantitative estimate of drug-likeness (QED) is 0.375. The summed E-state index contributed by atoms with van der Waals surface area (Å²) in [6.07, 6.45) is 6.40. The third-order valence-electron chi connectivity index (χ3n) is 7.77. The number of ether oxygens (including phenoxy) is 4. The van der Waals surface area contributed by atoms with Gasteiger partial charge < -0.3 is 24.3 Å². The van der Waals surface area contributed by atoms with Crippen LogP contribution in [0.2, 0.25) is 0 Å². The van der Waals surface area contributed by atoms with Crippen LogP contribution in [-0.2, 0) is 23.9 Å². The van der Waals surface area contributed by atoms with Crippen molar-refractivity contribution in [3.05, 3.63) is 46.3 Å². The van der Waals surface area contributed by atoms with Crippen molar-refractivity contribution in [2.75, 3.05) is 13.9 Å². The van der Waals surface area contributed by atoms with Crippen molar-refractivity contribution in [2.45, 2.75) is 70.8 Å². The van der Waals surface area contributed by atoms with E-state index in [-0.39, 0.29) is 24.6 Å². The normalized spacial score (nSPS) is 26.2. The van der Waals surface area contributed by atoms with E-state index in [9.17, 15) is 14.4 Å². The first-order valence-electron chi connectivity index (χ1n) is 12.8. The van der Waals surface area contributed by atoms with Gasteiger partial charge in [-0.3, -0.25) is 9.59 Å². The number of allylic oxidation sites excluding steroid dienone is 3. The van der Waals surface area contributed by atoms with Gasteiger partial charge in [0.05, 0.1) is 12.7 Å². The number of rotatable bonds is 4. The van der Waals surface area contributed by atoms with Gasteiger partial charge in [0.1, 0.15) is 12.0 Å². The third-order valence-corrected chi connectivity index (χ3v) is 7.77. The number of carbonyl (C=O) groups excluding carboxylic acids is 3. The predicted molar refractivity (Wildman–Crippen MR) is 130 cm³/mol. The highest BCUT2D eigenvalue weighted by atomic mass is 16.7. The summed E-state index contributed by atoms with van der Waals surface area (Å²) in [5, 5.41) is 3.32. The molecule has 0 bridgehead atoms. The van der Waals surface area contributed by atoms with Gasteiger partial charge in [0.2, 0.25) is 6.79 Å². The maximum absolute atomic E-state index is 13.9. The van der Waals surface area contributed by atoms with Gasteiger partial charge in [-0.2, -0.15) is 0 Å². The van der Waals surface area contributed by atoms with E-state index in [0.717, 1.165) is 44.2 Å². The molecular weight excluding hydrogens is 462 g/mol. The summed E-state index contributed by atoms with van der Waals surface area (Å²) >= 11 is 0. The molecule has 3 atom stereocenters. The van der Waals surface area contributed by atoms with Crippen molar-refractivity contribution in [2.24, 2.45) is 11.8 Å². The van der Waals surface area contributed by atoms with Crippen molar-refractivity contribution >= 4 is 17.7 Å². The van der Waals surface area contributed by atoms with Crippen LogP contribution >= 0.6 is 0 Å². The second-order valence-electron chi connectivity index (χ2n) is 10.2. The van der Waals surface area contributed by atoms with Crippen LogP contribution in [0.3, 0.4) is 0 Å². The Morgan fingerprint density at radius 3 is 2.50 bits per heavy atom. The number of carbonyl (C=O) groups is 3. The maximum Gasteiger partial charge on any atom is 0.337 e. The first-order chi connectivity index (χ1) is 17.4. The largest absolute Gasteiger partial charge is 0.468 e. The number of Topliss-reactive ketones (excluding diaryl/α,β-unsaturated/α-hetero) is 1. The first-order valence-corrected chi connectivity index (χ1v) is 12.8. The fraction of sp³-hybridized carbons (Fsp3) is 0.536. The average molecular weight is 496 g/mol. The van der Waals surface area contributed by atoms with Gasteiger partial charge in [-0.1, -0.05) is 25.8 Å². The molecule has 36 heavy (non-hydrogen) atoms. The minimum atomic E-state index is -0.926. The molecule has 1 aromatic rings. The molecule has 4 aliphatic rings. The number of dihydropyridines is 1. The molecule has 2 heterocycles. The van der Waals surface area contributed by atoms with E-state index in [2.05, 4.69) is 5.32 Å². The Bertz CT molecular complexity index is 1140. The van der Waals surface area contributed by atoms with E-state index >= 15 is 0 Å². The van der Waals surface area contributed by atoms with Crippen molar-refractivity contribution in [3.63, 3.8) is 0 Å². The van der Waals surface area contributed by atoms with E-state index in [4.69, 9.17) is 18.9 Å². The Kier molecular flexibility index (Phi) is 6.77. The molecule has 0 radical (unpaired) electrons. The molecule has 0 amide bonds. The Labute approximate surface area is 211 Å². The molecule has 192 valence electrons. The third kappa shape index (κ3) is 4.38. The minimum Gasteiger partial charge on any atom is -0.468 e. The lowest BCUT2D eigenvalue weighted by Crippen LogP contribution is -2.43. The molecule has 0 unspecified atom stereocenters. The lowest BCUT2D eigenvalue weighted by atomic mass is 9.69. The van der Waals surface area contributed by atoms with Crippen LogP contribution in [0.1, 0.15) is 70.3 Å². The SMILES string of the molecule is COC(=O)[C@H]1C(=O)C2=C(C[C@@H]1C)NC(C)=C(C(=O)OC1CCCCCC1)[C@@H]2c1ccc2c(c1)OCO2. The zero-order chi connectivity index (χ0) is 25.4. The number of methoxy groups -OCH3 is 1. The Balaban J connectivity index is 1.57. The highest BCUT2D eigenvalue weighted by molar-refractivity contribution is 6.12. The average Bonchev–Trinajstić information content (AvgIpc) is 3.18. The smallest absolute Gasteiger partial charge is 0.337 e. The number of benzene rings is 1. The van der Waals surface area contributed by atoms with Crippen LogP contribution < -0.4 is 14.8 Å². The van der Waals surface area contributed by atoms with Gasteiger partial charge in [0, 0.05) is 22.9 Å². The second kappa shape index (κ2) is 9.99. The Hall–Kier alpha value is -3.29. The minimum absolute atomic E-state index is 0.116. The highest BCUT2D eigenvalue weighted by Crippen LogP contribution is 2.47. The van der Waals surface area contributed by atoms with Crippen molar-refractivity contribution in [3.8, 4) is 11.5 Å². The molecule has 0 spiro atoms. The lowest BCUT2D eigenvalue weighted by molar-refractivity contribution is -0.151. The lowest BCUT2D eigenvalue weighted by Gasteiger charge is -2.38. The van der Waals surface area contributed by atoms with E-state index in [1.807, 2.05) is 26.0 Å². The Morgan fingerprint density at radius 1 is 1.06 bits per heavy atom. The molecule has 5 rings (SSSR count). The summed E-state index contributed by atoms with van der Waals surface area (Å²) in [7, 11) is 1.29. The van der Waals surface area contributed by atoms with E-state index in [0.29, 0.717) is 40.3 Å². The first kappa shape index (κ1) is 24.4. The number of esters is 2. The van der Waals surface area contributed by atoms with E-state index in [1.54, 1.807) is 6.07 Å². The van der Waals surface area contributed by atoms with Gasteiger partial charge in [0.15, 0.2) is 17.3 Å². The highest BCUT2D eigenvalue weighted by Gasteiger charge is 2.47. The zero-order valence-corrected chi connectivity index (χ0v) is 21.1. The maximum atomic E-state index is 13.9. The zero-order valence-electron chi connectivity index (χ0n) is 21.1. The van der Waals surface area contributed by atoms with Crippen LogP contribution in [0.15, 0.2) is 40.7 Å². The number of hydrogen-bond donors (Lipinski definition) is 1. The van der Waals surface area contributed by atoms with Crippen LogP contribution in [0, 0.1) is 11.8 Å². The summed E-state index contributed by atoms with van der Waals surface area (Å²) in [5.74, 6) is -1.99. The summed E-state index contributed by atoms with van der Waals surface area (Å²) in [5.41, 5.74) is 2.92. The van der Waals surface area contributed by atoms with Crippen LogP contribution in [0.25, 0.3) is 0 Å². The molecule has 2 aliphatic carbocycles. The van der Waals surface area contributed by atoms with Crippen LogP contribution in [0.5, 0.6) is 11.5 Å². The van der Waals surface area contributed by atoms with Gasteiger partial charge >= 0.3 is 11.9 Å².